The van der Waals surface area contributed by atoms with Gasteiger partial charge in [-0.15, -0.1) is 0 Å². The lowest BCUT2D eigenvalue weighted by Gasteiger charge is -2.13. The van der Waals surface area contributed by atoms with E-state index in [0.717, 1.165) is 0 Å². The van der Waals surface area contributed by atoms with Gasteiger partial charge in [-0.3, -0.25) is 0 Å². The molecular weight excluding hydrogens is 298 g/mol. The van der Waals surface area contributed by atoms with Gasteiger partial charge in [-0.25, -0.2) is 18.4 Å². The van der Waals surface area contributed by atoms with Gasteiger partial charge in [-0.1, -0.05) is 0 Å². The normalized spacial score (nSPS) is 13.0. The van der Waals surface area contributed by atoms with Crippen molar-refractivity contribution in [1.82, 2.24) is 0 Å². The van der Waals surface area contributed by atoms with Crippen molar-refractivity contribution in [2.45, 2.75) is 24.5 Å². The van der Waals surface area contributed by atoms with Gasteiger partial charge in [0.2, 0.25) is 10.0 Å². The van der Waals surface area contributed by atoms with E-state index in [2.05, 4.69) is 0 Å². The number of hydrogen-bond donors (Lipinski definition) is 1. The van der Waals surface area contributed by atoms with Crippen LogP contribution < -0.4 is 5.14 Å². The summed E-state index contributed by atoms with van der Waals surface area (Å²) >= 11 is 0. The van der Waals surface area contributed by atoms with Gasteiger partial charge in [0.1, 0.15) is 6.10 Å². The van der Waals surface area contributed by atoms with Crippen LogP contribution in [0.3, 0.4) is 0 Å². The Morgan fingerprint density at radius 2 is 1.90 bits per heavy atom. The number of hydrogen-bond acceptors (Lipinski definition) is 6. The van der Waals surface area contributed by atoms with Crippen molar-refractivity contribution < 1.29 is 27.4 Å². The number of ether oxygens (including phenoxy) is 3. The van der Waals surface area contributed by atoms with Crippen molar-refractivity contribution in [2.24, 2.45) is 5.14 Å². The van der Waals surface area contributed by atoms with Crippen LogP contribution in [-0.2, 0) is 30.8 Å². The number of sulfonamides is 1. The quantitative estimate of drug-likeness (QED) is 0.741. The van der Waals surface area contributed by atoms with Crippen LogP contribution in [0.1, 0.15) is 22.8 Å². The van der Waals surface area contributed by atoms with Crippen LogP contribution in [0, 0.1) is 0 Å². The second kappa shape index (κ2) is 7.51. The molecule has 1 atom stereocenters. The summed E-state index contributed by atoms with van der Waals surface area (Å²) in [6, 6.07) is 4.03. The molecule has 0 saturated carbocycles. The molecule has 1 unspecified atom stereocenters. The average molecular weight is 317 g/mol. The number of esters is 1. The van der Waals surface area contributed by atoms with E-state index in [-0.39, 0.29) is 23.7 Å². The molecule has 1 aromatic carbocycles. The predicted molar refractivity (Wildman–Crippen MR) is 75.3 cm³/mol. The maximum Gasteiger partial charge on any atom is 0.338 e. The molecule has 7 nitrogen and oxygen atoms in total. The zero-order valence-corrected chi connectivity index (χ0v) is 13.0. The predicted octanol–water partition coefficient (Wildman–Crippen LogP) is 0.672. The third-order valence-corrected chi connectivity index (χ3v) is 3.44. The minimum atomic E-state index is -3.93. The summed E-state index contributed by atoms with van der Waals surface area (Å²) in [7, 11) is -0.977. The number of rotatable bonds is 7. The summed E-state index contributed by atoms with van der Waals surface area (Å²) in [5.41, 5.74) is 0.604. The number of nitrogens with two attached hydrogens (primary N) is 1. The van der Waals surface area contributed by atoms with Crippen LogP contribution in [-0.4, -0.2) is 41.3 Å². The van der Waals surface area contributed by atoms with E-state index in [1.807, 2.05) is 0 Å². The van der Waals surface area contributed by atoms with Crippen molar-refractivity contribution in [1.29, 1.82) is 0 Å². The zero-order valence-electron chi connectivity index (χ0n) is 12.2. The third kappa shape index (κ3) is 5.43. The van der Waals surface area contributed by atoms with Gasteiger partial charge >= 0.3 is 5.97 Å². The Balaban J connectivity index is 3.10. The van der Waals surface area contributed by atoms with Gasteiger partial charge < -0.3 is 14.2 Å². The molecule has 0 radical (unpaired) electrons. The molecule has 0 saturated heterocycles. The summed E-state index contributed by atoms with van der Waals surface area (Å²) in [4.78, 5) is 11.8. The van der Waals surface area contributed by atoms with Crippen LogP contribution >= 0.6 is 0 Å². The smallest absolute Gasteiger partial charge is 0.338 e. The first-order valence-electron chi connectivity index (χ1n) is 6.13. The first kappa shape index (κ1) is 17.6. The maximum absolute atomic E-state index is 12.0. The first-order valence-corrected chi connectivity index (χ1v) is 7.68. The van der Waals surface area contributed by atoms with Crippen molar-refractivity contribution >= 4 is 16.0 Å². The SMILES string of the molecule is COCc1cc(C(=O)OC(C)COC)cc(S(N)(=O)=O)c1. The van der Waals surface area contributed by atoms with E-state index in [1.54, 1.807) is 6.92 Å². The molecular formula is C13H19NO6S. The summed E-state index contributed by atoms with van der Waals surface area (Å²) in [5.74, 6) is -0.651. The number of carbonyl (C=O) groups is 1. The van der Waals surface area contributed by atoms with Crippen LogP contribution in [0.15, 0.2) is 23.1 Å². The highest BCUT2D eigenvalue weighted by Crippen LogP contribution is 2.16. The molecule has 118 valence electrons. The minimum absolute atomic E-state index is 0.0940. The summed E-state index contributed by atoms with van der Waals surface area (Å²) in [5, 5.41) is 5.10. The van der Waals surface area contributed by atoms with Crippen LogP contribution in [0.4, 0.5) is 0 Å². The molecule has 0 heterocycles. The van der Waals surface area contributed by atoms with Gasteiger partial charge in [-0.05, 0) is 30.7 Å². The highest BCUT2D eigenvalue weighted by atomic mass is 32.2. The molecule has 0 fully saturated rings. The summed E-state index contributed by atoms with van der Waals surface area (Å²) < 4.78 is 37.9. The monoisotopic (exact) mass is 317 g/mol. The lowest BCUT2D eigenvalue weighted by atomic mass is 10.1. The first-order chi connectivity index (χ1) is 9.77. The fraction of sp³-hybridized carbons (Fsp3) is 0.462. The number of carbonyl (C=O) groups excluding carboxylic acids is 1. The molecule has 1 aromatic rings. The molecule has 0 aliphatic carbocycles. The molecule has 0 aliphatic rings. The highest BCUT2D eigenvalue weighted by molar-refractivity contribution is 7.89. The van der Waals surface area contributed by atoms with Crippen molar-refractivity contribution in [2.75, 3.05) is 20.8 Å². The topological polar surface area (TPSA) is 105 Å². The molecule has 0 bridgehead atoms. The van der Waals surface area contributed by atoms with Gasteiger partial charge in [-0.2, -0.15) is 0 Å². The fourth-order valence-corrected chi connectivity index (χ4v) is 2.32. The van der Waals surface area contributed by atoms with Crippen LogP contribution in [0.2, 0.25) is 0 Å². The number of methoxy groups -OCH3 is 2. The lowest BCUT2D eigenvalue weighted by molar-refractivity contribution is 0.0120. The Morgan fingerprint density at radius 1 is 1.24 bits per heavy atom. The second-order valence-corrected chi connectivity index (χ2v) is 6.08. The third-order valence-electron chi connectivity index (χ3n) is 2.55. The minimum Gasteiger partial charge on any atom is -0.457 e. The van der Waals surface area contributed by atoms with Gasteiger partial charge in [0.05, 0.1) is 23.7 Å². The Kier molecular flexibility index (Phi) is 6.28. The lowest BCUT2D eigenvalue weighted by Crippen LogP contribution is -2.20. The van der Waals surface area contributed by atoms with Gasteiger partial charge in [0, 0.05) is 14.2 Å². The molecule has 21 heavy (non-hydrogen) atoms. The highest BCUT2D eigenvalue weighted by Gasteiger charge is 2.17. The number of benzene rings is 1. The van der Waals surface area contributed by atoms with Crippen molar-refractivity contribution in [3.63, 3.8) is 0 Å². The molecule has 8 heteroatoms. The maximum atomic E-state index is 12.0. The second-order valence-electron chi connectivity index (χ2n) is 4.51. The zero-order chi connectivity index (χ0) is 16.0. The van der Waals surface area contributed by atoms with E-state index < -0.39 is 22.1 Å². The Labute approximate surface area is 124 Å². The van der Waals surface area contributed by atoms with Gasteiger partial charge in [0.15, 0.2) is 0 Å². The standard InChI is InChI=1S/C13H19NO6S/c1-9(7-18-2)20-13(15)11-4-10(8-19-3)5-12(6-11)21(14,16)17/h4-6,9H,7-8H2,1-3H3,(H2,14,16,17). The molecule has 0 aromatic heterocycles. The molecule has 1 rings (SSSR count). The average Bonchev–Trinajstić information content (AvgIpc) is 2.38. The van der Waals surface area contributed by atoms with Crippen LogP contribution in [0.5, 0.6) is 0 Å². The molecule has 0 spiro atoms. The molecule has 2 N–H and O–H groups in total. The fourth-order valence-electron chi connectivity index (χ4n) is 1.71. The summed E-state index contributed by atoms with van der Waals surface area (Å²) in [6.45, 7) is 2.06. The van der Waals surface area contributed by atoms with E-state index in [4.69, 9.17) is 19.3 Å². The van der Waals surface area contributed by atoms with Crippen molar-refractivity contribution in [3.05, 3.63) is 29.3 Å². The van der Waals surface area contributed by atoms with E-state index in [1.165, 1.54) is 32.4 Å². The van der Waals surface area contributed by atoms with E-state index in [9.17, 15) is 13.2 Å². The molecule has 0 amide bonds. The van der Waals surface area contributed by atoms with Gasteiger partial charge in [0.25, 0.3) is 0 Å². The van der Waals surface area contributed by atoms with E-state index >= 15 is 0 Å². The Morgan fingerprint density at radius 3 is 2.43 bits per heavy atom. The van der Waals surface area contributed by atoms with Crippen molar-refractivity contribution in [3.8, 4) is 0 Å². The Hall–Kier alpha value is -1.48. The summed E-state index contributed by atoms with van der Waals surface area (Å²) in [6.07, 6.45) is -0.452. The van der Waals surface area contributed by atoms with E-state index in [0.29, 0.717) is 5.56 Å². The largest absolute Gasteiger partial charge is 0.457 e. The molecule has 0 aliphatic heterocycles. The Bertz CT molecular complexity index is 599. The van der Waals surface area contributed by atoms with Crippen LogP contribution in [0.25, 0.3) is 0 Å². The number of primary sulfonamides is 1.